The summed E-state index contributed by atoms with van der Waals surface area (Å²) < 4.78 is 3.27. The number of rotatable bonds is 2. The molecule has 0 N–H and O–H groups in total. The van der Waals surface area contributed by atoms with Crippen LogP contribution in [-0.2, 0) is 7.05 Å². The number of benzene rings is 2. The largest absolute Gasteiger partial charge is 0.350 e. The number of aryl methyl sites for hydroxylation is 1. The molecule has 5 heteroatoms. The highest BCUT2D eigenvalue weighted by Gasteiger charge is 2.28. The number of amides is 1. The van der Waals surface area contributed by atoms with Gasteiger partial charge in [0.05, 0.1) is 20.8 Å². The van der Waals surface area contributed by atoms with Crippen molar-refractivity contribution in [2.45, 2.75) is 18.8 Å². The van der Waals surface area contributed by atoms with E-state index in [1.54, 1.807) is 11.3 Å². The number of aromatic nitrogens is 2. The van der Waals surface area contributed by atoms with Gasteiger partial charge < -0.3 is 9.47 Å². The summed E-state index contributed by atoms with van der Waals surface area (Å²) in [5, 5.41) is 2.19. The van der Waals surface area contributed by atoms with Crippen molar-refractivity contribution in [2.75, 3.05) is 13.1 Å². The molecule has 0 bridgehead atoms. The molecule has 0 spiro atoms. The molecule has 4 aromatic rings. The summed E-state index contributed by atoms with van der Waals surface area (Å²) >= 11 is 1.77. The van der Waals surface area contributed by atoms with Gasteiger partial charge in [-0.25, -0.2) is 4.98 Å². The number of hydrogen-bond acceptors (Lipinski definition) is 3. The number of carbonyl (C=O) groups is 1. The molecule has 0 unspecified atom stereocenters. The Morgan fingerprint density at radius 1 is 1.15 bits per heavy atom. The van der Waals surface area contributed by atoms with Crippen molar-refractivity contribution in [3.63, 3.8) is 0 Å². The fourth-order valence-electron chi connectivity index (χ4n) is 4.11. The standard InChI is InChI=1S/C22H21N3OS/c1-24-14-17(16-8-2-4-10-19(16)24)22(26)25-12-6-7-15(13-25)21-23-18-9-3-5-11-20(18)27-21/h2-5,8-11,14-15H,6-7,12-13H2,1H3/t15-/m0/s1. The van der Waals surface area contributed by atoms with Crippen LogP contribution in [0.15, 0.2) is 54.7 Å². The molecule has 1 amide bonds. The van der Waals surface area contributed by atoms with Crippen molar-refractivity contribution in [1.29, 1.82) is 0 Å². The van der Waals surface area contributed by atoms with Gasteiger partial charge in [-0.2, -0.15) is 0 Å². The zero-order valence-corrected chi connectivity index (χ0v) is 16.1. The van der Waals surface area contributed by atoms with Gasteiger partial charge in [-0.1, -0.05) is 30.3 Å². The minimum absolute atomic E-state index is 0.137. The van der Waals surface area contributed by atoms with Crippen molar-refractivity contribution in [1.82, 2.24) is 14.5 Å². The molecule has 1 aliphatic heterocycles. The number of nitrogens with zero attached hydrogens (tertiary/aromatic N) is 3. The van der Waals surface area contributed by atoms with Crippen LogP contribution in [0.1, 0.15) is 34.1 Å². The lowest BCUT2D eigenvalue weighted by molar-refractivity contribution is 0.0709. The van der Waals surface area contributed by atoms with E-state index in [0.29, 0.717) is 5.92 Å². The van der Waals surface area contributed by atoms with Crippen LogP contribution >= 0.6 is 11.3 Å². The van der Waals surface area contributed by atoms with E-state index >= 15 is 0 Å². The molecule has 0 saturated carbocycles. The van der Waals surface area contributed by atoms with Gasteiger partial charge in [0, 0.05) is 43.2 Å². The Balaban J connectivity index is 1.44. The number of hydrogen-bond donors (Lipinski definition) is 0. The SMILES string of the molecule is Cn1cc(C(=O)N2CCC[C@H](c3nc4ccccc4s3)C2)c2ccccc21. The minimum Gasteiger partial charge on any atom is -0.350 e. The topological polar surface area (TPSA) is 38.1 Å². The van der Waals surface area contributed by atoms with Crippen molar-refractivity contribution in [3.05, 3.63) is 65.3 Å². The smallest absolute Gasteiger partial charge is 0.256 e. The number of piperidine rings is 1. The van der Waals surface area contributed by atoms with Gasteiger partial charge in [0.25, 0.3) is 5.91 Å². The number of carbonyl (C=O) groups excluding carboxylic acids is 1. The van der Waals surface area contributed by atoms with Gasteiger partial charge in [-0.05, 0) is 31.0 Å². The fourth-order valence-corrected chi connectivity index (χ4v) is 5.20. The van der Waals surface area contributed by atoms with Crippen molar-refractivity contribution in [2.24, 2.45) is 7.05 Å². The predicted octanol–water partition coefficient (Wildman–Crippen LogP) is 4.81. The van der Waals surface area contributed by atoms with Crippen LogP contribution in [0.2, 0.25) is 0 Å². The first-order chi connectivity index (χ1) is 13.2. The maximum absolute atomic E-state index is 13.3. The van der Waals surface area contributed by atoms with E-state index in [2.05, 4.69) is 24.3 Å². The zero-order valence-electron chi connectivity index (χ0n) is 15.3. The Hall–Kier alpha value is -2.66. The maximum atomic E-state index is 13.3. The van der Waals surface area contributed by atoms with E-state index < -0.39 is 0 Å². The molecule has 27 heavy (non-hydrogen) atoms. The van der Waals surface area contributed by atoms with E-state index in [9.17, 15) is 4.79 Å². The van der Waals surface area contributed by atoms with Crippen LogP contribution in [0.4, 0.5) is 0 Å². The Bertz CT molecular complexity index is 1110. The molecule has 0 aliphatic carbocycles. The third-order valence-corrected chi connectivity index (χ3v) is 6.69. The van der Waals surface area contributed by atoms with E-state index in [1.807, 2.05) is 47.0 Å². The van der Waals surface area contributed by atoms with E-state index in [-0.39, 0.29) is 5.91 Å². The maximum Gasteiger partial charge on any atom is 0.256 e. The van der Waals surface area contributed by atoms with Gasteiger partial charge in [0.1, 0.15) is 0 Å². The third-order valence-electron chi connectivity index (χ3n) is 5.50. The average Bonchev–Trinajstić information content (AvgIpc) is 3.29. The molecular formula is C22H21N3OS. The van der Waals surface area contributed by atoms with Gasteiger partial charge >= 0.3 is 0 Å². The van der Waals surface area contributed by atoms with Crippen LogP contribution in [0.5, 0.6) is 0 Å². The Morgan fingerprint density at radius 3 is 2.85 bits per heavy atom. The van der Waals surface area contributed by atoms with Crippen LogP contribution in [0, 0.1) is 0 Å². The highest BCUT2D eigenvalue weighted by Crippen LogP contribution is 2.34. The first-order valence-corrected chi connectivity index (χ1v) is 10.2. The lowest BCUT2D eigenvalue weighted by atomic mass is 9.98. The van der Waals surface area contributed by atoms with Crippen LogP contribution in [0.25, 0.3) is 21.1 Å². The summed E-state index contributed by atoms with van der Waals surface area (Å²) in [7, 11) is 2.00. The third kappa shape index (κ3) is 2.82. The summed E-state index contributed by atoms with van der Waals surface area (Å²) in [6.45, 7) is 1.57. The molecule has 1 atom stereocenters. The van der Waals surface area contributed by atoms with Crippen LogP contribution < -0.4 is 0 Å². The summed E-state index contributed by atoms with van der Waals surface area (Å²) in [5.74, 6) is 0.465. The number of fused-ring (bicyclic) bond motifs is 2. The first kappa shape index (κ1) is 16.5. The van der Waals surface area contributed by atoms with Crippen molar-refractivity contribution >= 4 is 38.4 Å². The van der Waals surface area contributed by atoms with Crippen molar-refractivity contribution in [3.8, 4) is 0 Å². The molecule has 1 aliphatic rings. The van der Waals surface area contributed by atoms with Crippen LogP contribution in [0.3, 0.4) is 0 Å². The lowest BCUT2D eigenvalue weighted by Crippen LogP contribution is -2.39. The van der Waals surface area contributed by atoms with E-state index in [4.69, 9.17) is 4.98 Å². The molecule has 1 fully saturated rings. The molecular weight excluding hydrogens is 354 g/mol. The second-order valence-corrected chi connectivity index (χ2v) is 8.34. The Labute approximate surface area is 162 Å². The van der Waals surface area contributed by atoms with E-state index in [0.717, 1.165) is 52.9 Å². The molecule has 2 aromatic carbocycles. The molecule has 1 saturated heterocycles. The Kier molecular flexibility index (Phi) is 3.97. The highest BCUT2D eigenvalue weighted by atomic mass is 32.1. The quantitative estimate of drug-likeness (QED) is 0.504. The van der Waals surface area contributed by atoms with E-state index in [1.165, 1.54) is 4.70 Å². The van der Waals surface area contributed by atoms with Crippen molar-refractivity contribution < 1.29 is 4.79 Å². The average molecular weight is 375 g/mol. The molecule has 2 aromatic heterocycles. The fraction of sp³-hybridized carbons (Fsp3) is 0.273. The number of para-hydroxylation sites is 2. The normalized spacial score (nSPS) is 17.7. The summed E-state index contributed by atoms with van der Waals surface area (Å²) in [6.07, 6.45) is 4.09. The minimum atomic E-state index is 0.137. The Morgan fingerprint density at radius 2 is 1.96 bits per heavy atom. The van der Waals surface area contributed by atoms with Gasteiger partial charge in [0.2, 0.25) is 0 Å². The first-order valence-electron chi connectivity index (χ1n) is 9.39. The molecule has 5 rings (SSSR count). The molecule has 3 heterocycles. The van der Waals surface area contributed by atoms with Gasteiger partial charge in [-0.3, -0.25) is 4.79 Å². The lowest BCUT2D eigenvalue weighted by Gasteiger charge is -2.31. The highest BCUT2D eigenvalue weighted by molar-refractivity contribution is 7.18. The van der Waals surface area contributed by atoms with Gasteiger partial charge in [-0.15, -0.1) is 11.3 Å². The second kappa shape index (κ2) is 6.50. The molecule has 0 radical (unpaired) electrons. The van der Waals surface area contributed by atoms with Crippen LogP contribution in [-0.4, -0.2) is 33.4 Å². The zero-order chi connectivity index (χ0) is 18.4. The summed E-state index contributed by atoms with van der Waals surface area (Å²) in [5.41, 5.74) is 2.97. The molecule has 4 nitrogen and oxygen atoms in total. The second-order valence-electron chi connectivity index (χ2n) is 7.28. The number of likely N-dealkylation sites (tertiary alicyclic amines) is 1. The predicted molar refractivity (Wildman–Crippen MR) is 110 cm³/mol. The summed E-state index contributed by atoms with van der Waals surface area (Å²) in [6, 6.07) is 16.4. The monoisotopic (exact) mass is 375 g/mol. The number of thiazole rings is 1. The van der Waals surface area contributed by atoms with Gasteiger partial charge in [0.15, 0.2) is 0 Å². The summed E-state index contributed by atoms with van der Waals surface area (Å²) in [4.78, 5) is 20.1. The molecule has 136 valence electrons.